The van der Waals surface area contributed by atoms with Gasteiger partial charge in [0, 0.05) is 24.2 Å². The average molecular weight is 460 g/mol. The molecule has 6 nitrogen and oxygen atoms in total. The molecule has 1 fully saturated rings. The Kier molecular flexibility index (Phi) is 6.19. The van der Waals surface area contributed by atoms with E-state index in [1.165, 1.54) is 0 Å². The molecule has 33 heavy (non-hydrogen) atoms. The van der Waals surface area contributed by atoms with Crippen molar-refractivity contribution in [1.82, 2.24) is 9.97 Å². The zero-order valence-corrected chi connectivity index (χ0v) is 18.7. The lowest BCUT2D eigenvalue weighted by Crippen LogP contribution is -2.36. The number of benzene rings is 3. The van der Waals surface area contributed by atoms with Crippen LogP contribution in [0.3, 0.4) is 0 Å². The van der Waals surface area contributed by atoms with Crippen LogP contribution in [0.2, 0.25) is 5.02 Å². The molecule has 0 N–H and O–H groups in total. The lowest BCUT2D eigenvalue weighted by molar-refractivity contribution is 0.103. The summed E-state index contributed by atoms with van der Waals surface area (Å²) in [5.41, 5.74) is 3.33. The molecule has 5 rings (SSSR count). The molecular weight excluding hydrogens is 438 g/mol. The highest BCUT2D eigenvalue weighted by Crippen LogP contribution is 2.27. The molecule has 0 saturated carbocycles. The van der Waals surface area contributed by atoms with Gasteiger partial charge in [-0.05, 0) is 42.0 Å². The smallest absolute Gasteiger partial charge is 0.194 e. The number of carbonyl (C=O) groups is 1. The zero-order chi connectivity index (χ0) is 22.6. The maximum atomic E-state index is 13.3. The molecule has 3 aromatic carbocycles. The number of aromatic nitrogens is 2. The summed E-state index contributed by atoms with van der Waals surface area (Å²) in [7, 11) is 0. The van der Waals surface area contributed by atoms with E-state index in [-0.39, 0.29) is 5.78 Å². The van der Waals surface area contributed by atoms with E-state index in [1.807, 2.05) is 36.4 Å². The number of morpholine rings is 1. The number of hydrogen-bond donors (Lipinski definition) is 0. The first-order valence-corrected chi connectivity index (χ1v) is 11.2. The van der Waals surface area contributed by atoms with Crippen molar-refractivity contribution in [3.8, 4) is 5.75 Å². The summed E-state index contributed by atoms with van der Waals surface area (Å²) >= 11 is 6.38. The number of carbonyl (C=O) groups excluding carboxylic acids is 1. The summed E-state index contributed by atoms with van der Waals surface area (Å²) in [6.07, 6.45) is 1.76. The number of ketones is 1. The standard InChI is InChI=1S/C26H22ClN3O3/c27-22-8-7-20(33-17-18-4-2-1-3-5-18)15-21(22)26(31)19-6-9-23-24(14-19)29-25(16-28-23)30-10-12-32-13-11-30/h1-9,14-16H,10-13,17H2. The molecular formula is C26H22ClN3O3. The summed E-state index contributed by atoms with van der Waals surface area (Å²) in [5, 5.41) is 0.375. The summed E-state index contributed by atoms with van der Waals surface area (Å²) in [6, 6.07) is 20.3. The Balaban J connectivity index is 1.40. The van der Waals surface area contributed by atoms with E-state index < -0.39 is 0 Å². The van der Waals surface area contributed by atoms with Crippen LogP contribution in [0.15, 0.2) is 72.9 Å². The molecule has 1 aliphatic heterocycles. The molecule has 1 aromatic heterocycles. The number of anilines is 1. The van der Waals surface area contributed by atoms with Crippen LogP contribution in [0.5, 0.6) is 5.75 Å². The lowest BCUT2D eigenvalue weighted by atomic mass is 10.0. The molecule has 0 radical (unpaired) electrons. The van der Waals surface area contributed by atoms with Crippen molar-refractivity contribution in [2.75, 3.05) is 31.2 Å². The zero-order valence-electron chi connectivity index (χ0n) is 17.9. The Morgan fingerprint density at radius 3 is 2.64 bits per heavy atom. The van der Waals surface area contributed by atoms with Crippen molar-refractivity contribution in [3.05, 3.63) is 94.6 Å². The molecule has 0 unspecified atom stereocenters. The van der Waals surface area contributed by atoms with E-state index in [1.54, 1.807) is 36.5 Å². The molecule has 0 aliphatic carbocycles. The minimum absolute atomic E-state index is 0.189. The van der Waals surface area contributed by atoms with Gasteiger partial charge in [-0.2, -0.15) is 0 Å². The van der Waals surface area contributed by atoms with Crippen molar-refractivity contribution >= 4 is 34.2 Å². The van der Waals surface area contributed by atoms with Gasteiger partial charge in [0.05, 0.1) is 35.5 Å². The highest BCUT2D eigenvalue weighted by Gasteiger charge is 2.17. The third-order valence-corrected chi connectivity index (χ3v) is 5.89. The van der Waals surface area contributed by atoms with Crippen LogP contribution in [0.4, 0.5) is 5.82 Å². The van der Waals surface area contributed by atoms with Gasteiger partial charge in [0.15, 0.2) is 5.78 Å². The highest BCUT2D eigenvalue weighted by atomic mass is 35.5. The van der Waals surface area contributed by atoms with Gasteiger partial charge in [0.2, 0.25) is 0 Å². The summed E-state index contributed by atoms with van der Waals surface area (Å²) in [5.74, 6) is 1.18. The number of rotatable bonds is 6. The van der Waals surface area contributed by atoms with Crippen molar-refractivity contribution in [3.63, 3.8) is 0 Å². The van der Waals surface area contributed by atoms with Crippen molar-refractivity contribution in [2.45, 2.75) is 6.61 Å². The molecule has 1 saturated heterocycles. The Hall–Kier alpha value is -3.48. The fourth-order valence-corrected chi connectivity index (χ4v) is 3.96. The molecule has 166 valence electrons. The van der Waals surface area contributed by atoms with E-state index in [0.29, 0.717) is 47.2 Å². The first-order valence-electron chi connectivity index (χ1n) is 10.8. The number of hydrogen-bond acceptors (Lipinski definition) is 6. The first kappa shape index (κ1) is 21.4. The van der Waals surface area contributed by atoms with Crippen LogP contribution in [-0.4, -0.2) is 42.1 Å². The quantitative estimate of drug-likeness (QED) is 0.381. The Labute approximate surface area is 196 Å². The van der Waals surface area contributed by atoms with Gasteiger partial charge in [-0.15, -0.1) is 0 Å². The normalized spacial score (nSPS) is 13.8. The van der Waals surface area contributed by atoms with Gasteiger partial charge in [0.1, 0.15) is 18.2 Å². The van der Waals surface area contributed by atoms with Gasteiger partial charge in [-0.25, -0.2) is 4.98 Å². The second kappa shape index (κ2) is 9.57. The van der Waals surface area contributed by atoms with Crippen molar-refractivity contribution < 1.29 is 14.3 Å². The van der Waals surface area contributed by atoms with Crippen molar-refractivity contribution in [1.29, 1.82) is 0 Å². The van der Waals surface area contributed by atoms with E-state index in [9.17, 15) is 4.79 Å². The van der Waals surface area contributed by atoms with Gasteiger partial charge in [-0.3, -0.25) is 9.78 Å². The Morgan fingerprint density at radius 1 is 1.00 bits per heavy atom. The second-order valence-electron chi connectivity index (χ2n) is 7.78. The van der Waals surface area contributed by atoms with Gasteiger partial charge >= 0.3 is 0 Å². The van der Waals surface area contributed by atoms with Crippen LogP contribution >= 0.6 is 11.6 Å². The first-order chi connectivity index (χ1) is 16.2. The number of nitrogens with zero attached hydrogens (tertiary/aromatic N) is 3. The lowest BCUT2D eigenvalue weighted by Gasteiger charge is -2.27. The van der Waals surface area contributed by atoms with E-state index in [0.717, 1.165) is 30.0 Å². The van der Waals surface area contributed by atoms with E-state index >= 15 is 0 Å². The van der Waals surface area contributed by atoms with Crippen LogP contribution in [0.1, 0.15) is 21.5 Å². The fraction of sp³-hybridized carbons (Fsp3) is 0.192. The fourth-order valence-electron chi connectivity index (χ4n) is 3.75. The van der Waals surface area contributed by atoms with Gasteiger partial charge in [0.25, 0.3) is 0 Å². The van der Waals surface area contributed by atoms with Crippen molar-refractivity contribution in [2.24, 2.45) is 0 Å². The maximum absolute atomic E-state index is 13.3. The minimum Gasteiger partial charge on any atom is -0.489 e. The van der Waals surface area contributed by atoms with Crippen LogP contribution in [0, 0.1) is 0 Å². The van der Waals surface area contributed by atoms with Crippen LogP contribution in [0.25, 0.3) is 11.0 Å². The third-order valence-electron chi connectivity index (χ3n) is 5.56. The monoisotopic (exact) mass is 459 g/mol. The molecule has 0 atom stereocenters. The van der Waals surface area contributed by atoms with E-state index in [4.69, 9.17) is 26.1 Å². The average Bonchev–Trinajstić information content (AvgIpc) is 2.88. The largest absolute Gasteiger partial charge is 0.489 e. The molecule has 1 aliphatic rings. The van der Waals surface area contributed by atoms with Crippen LogP contribution < -0.4 is 9.64 Å². The summed E-state index contributed by atoms with van der Waals surface area (Å²) < 4.78 is 11.3. The molecule has 2 heterocycles. The number of fused-ring (bicyclic) bond motifs is 1. The Morgan fingerprint density at radius 2 is 1.82 bits per heavy atom. The number of ether oxygens (including phenoxy) is 2. The summed E-state index contributed by atoms with van der Waals surface area (Å²) in [6.45, 7) is 3.28. The molecule has 4 aromatic rings. The second-order valence-corrected chi connectivity index (χ2v) is 8.18. The van der Waals surface area contributed by atoms with Gasteiger partial charge in [-0.1, -0.05) is 41.9 Å². The third kappa shape index (κ3) is 4.82. The predicted octanol–water partition coefficient (Wildman–Crippen LogP) is 4.93. The van der Waals surface area contributed by atoms with E-state index in [2.05, 4.69) is 9.88 Å². The summed E-state index contributed by atoms with van der Waals surface area (Å²) in [4.78, 5) is 24.7. The maximum Gasteiger partial charge on any atom is 0.194 e. The molecule has 0 spiro atoms. The molecule has 0 amide bonds. The van der Waals surface area contributed by atoms with Gasteiger partial charge < -0.3 is 14.4 Å². The van der Waals surface area contributed by atoms with Crippen LogP contribution in [-0.2, 0) is 11.3 Å². The number of halogens is 1. The molecule has 0 bridgehead atoms. The highest BCUT2D eigenvalue weighted by molar-refractivity contribution is 6.35. The molecule has 7 heteroatoms. The predicted molar refractivity (Wildman–Crippen MR) is 128 cm³/mol. The Bertz CT molecular complexity index is 1290. The SMILES string of the molecule is O=C(c1ccc2ncc(N3CCOCC3)nc2c1)c1cc(OCc2ccccc2)ccc1Cl. The topological polar surface area (TPSA) is 64.6 Å². The minimum atomic E-state index is -0.189.